The van der Waals surface area contributed by atoms with Crippen molar-refractivity contribution in [1.29, 1.82) is 0 Å². The predicted octanol–water partition coefficient (Wildman–Crippen LogP) is 6.86. The minimum absolute atomic E-state index is 0.813. The van der Waals surface area contributed by atoms with Crippen molar-refractivity contribution in [3.8, 4) is 0 Å². The van der Waals surface area contributed by atoms with E-state index in [1.807, 2.05) is 0 Å². The zero-order valence-electron chi connectivity index (χ0n) is 14.3. The molecule has 0 spiro atoms. The molecule has 0 aromatic heterocycles. The van der Waals surface area contributed by atoms with Gasteiger partial charge in [-0.3, -0.25) is 0 Å². The number of allylic oxidation sites excluding steroid dienone is 1. The van der Waals surface area contributed by atoms with Crippen LogP contribution in [-0.4, -0.2) is 0 Å². The van der Waals surface area contributed by atoms with Crippen LogP contribution in [0.15, 0.2) is 12.7 Å². The third-order valence-corrected chi connectivity index (χ3v) is 4.84. The lowest BCUT2D eigenvalue weighted by molar-refractivity contribution is 0.251. The summed E-state index contributed by atoms with van der Waals surface area (Å²) in [5, 5.41) is 0. The summed E-state index contributed by atoms with van der Waals surface area (Å²) < 4.78 is 0. The smallest absolute Gasteiger partial charge is 0.0327 e. The van der Waals surface area contributed by atoms with E-state index in [0.29, 0.717) is 0 Å². The van der Waals surface area contributed by atoms with Crippen molar-refractivity contribution < 1.29 is 0 Å². The van der Waals surface area contributed by atoms with Gasteiger partial charge in [-0.1, -0.05) is 72.8 Å². The van der Waals surface area contributed by atoms with E-state index in [1.54, 1.807) is 0 Å². The van der Waals surface area contributed by atoms with Crippen LogP contribution in [0.2, 0.25) is 0 Å². The third kappa shape index (κ3) is 9.30. The van der Waals surface area contributed by atoms with E-state index in [1.165, 1.54) is 51.4 Å². The summed E-state index contributed by atoms with van der Waals surface area (Å²) in [6.07, 6.45) is 13.0. The molecule has 0 fully saturated rings. The van der Waals surface area contributed by atoms with E-state index in [4.69, 9.17) is 0 Å². The van der Waals surface area contributed by atoms with Crippen molar-refractivity contribution in [1.82, 2.24) is 0 Å². The molecule has 114 valence electrons. The molecular formula is C19H38. The summed E-state index contributed by atoms with van der Waals surface area (Å²) in [5.74, 6) is 3.51. The Morgan fingerprint density at radius 1 is 0.947 bits per heavy atom. The highest BCUT2D eigenvalue weighted by Crippen LogP contribution is 2.30. The van der Waals surface area contributed by atoms with Gasteiger partial charge < -0.3 is 0 Å². The van der Waals surface area contributed by atoms with E-state index >= 15 is 0 Å². The lowest BCUT2D eigenvalue weighted by Gasteiger charge is -2.26. The average Bonchev–Trinajstić information content (AvgIpc) is 2.38. The van der Waals surface area contributed by atoms with E-state index < -0.39 is 0 Å². The molecule has 0 bridgehead atoms. The van der Waals surface area contributed by atoms with Gasteiger partial charge in [-0.15, -0.1) is 6.58 Å². The van der Waals surface area contributed by atoms with Crippen molar-refractivity contribution >= 4 is 0 Å². The first-order valence-electron chi connectivity index (χ1n) is 8.65. The Balaban J connectivity index is 4.26. The zero-order chi connectivity index (χ0) is 14.7. The Kier molecular flexibility index (Phi) is 11.4. The molecule has 0 heteroatoms. The van der Waals surface area contributed by atoms with Crippen molar-refractivity contribution in [3.63, 3.8) is 0 Å². The van der Waals surface area contributed by atoms with Crippen LogP contribution >= 0.6 is 0 Å². The zero-order valence-corrected chi connectivity index (χ0v) is 14.3. The SMILES string of the molecule is C=CCC(C)CC(CCCCC)CC(C)C(C)CC. The summed E-state index contributed by atoms with van der Waals surface area (Å²) in [6.45, 7) is 15.8. The molecule has 0 N–H and O–H groups in total. The maximum Gasteiger partial charge on any atom is -0.0327 e. The molecule has 0 radical (unpaired) electrons. The summed E-state index contributed by atoms with van der Waals surface area (Å²) in [7, 11) is 0. The van der Waals surface area contributed by atoms with Gasteiger partial charge >= 0.3 is 0 Å². The minimum Gasteiger partial charge on any atom is -0.103 e. The monoisotopic (exact) mass is 266 g/mol. The van der Waals surface area contributed by atoms with Crippen LogP contribution in [0.1, 0.15) is 86.0 Å². The molecule has 0 aromatic carbocycles. The molecule has 0 aromatic rings. The fraction of sp³-hybridized carbons (Fsp3) is 0.895. The van der Waals surface area contributed by atoms with Crippen LogP contribution < -0.4 is 0 Å². The van der Waals surface area contributed by atoms with E-state index in [9.17, 15) is 0 Å². The van der Waals surface area contributed by atoms with Crippen LogP contribution in [0, 0.1) is 23.7 Å². The highest BCUT2D eigenvalue weighted by atomic mass is 14.2. The van der Waals surface area contributed by atoms with Gasteiger partial charge in [0.1, 0.15) is 0 Å². The largest absolute Gasteiger partial charge is 0.103 e. The van der Waals surface area contributed by atoms with Gasteiger partial charge in [0.2, 0.25) is 0 Å². The highest BCUT2D eigenvalue weighted by molar-refractivity contribution is 4.75. The van der Waals surface area contributed by atoms with Crippen LogP contribution in [0.25, 0.3) is 0 Å². The van der Waals surface area contributed by atoms with Crippen LogP contribution in [0.5, 0.6) is 0 Å². The standard InChI is InChI=1S/C19H38/c1-7-10-11-13-19(14-16(4)12-8-2)15-18(6)17(5)9-3/h8,16-19H,2,7,9-15H2,1,3-6H3. The predicted molar refractivity (Wildman–Crippen MR) is 89.5 cm³/mol. The lowest BCUT2D eigenvalue weighted by Crippen LogP contribution is -2.15. The first-order valence-corrected chi connectivity index (χ1v) is 8.65. The topological polar surface area (TPSA) is 0 Å². The third-order valence-electron chi connectivity index (χ3n) is 4.84. The van der Waals surface area contributed by atoms with Crippen molar-refractivity contribution in [3.05, 3.63) is 12.7 Å². The first-order chi connectivity index (χ1) is 9.04. The minimum atomic E-state index is 0.813. The Bertz CT molecular complexity index is 206. The fourth-order valence-corrected chi connectivity index (χ4v) is 3.13. The number of rotatable bonds is 12. The quantitative estimate of drug-likeness (QED) is 0.267. The molecular weight excluding hydrogens is 228 g/mol. The molecule has 0 nitrogen and oxygen atoms in total. The van der Waals surface area contributed by atoms with Crippen molar-refractivity contribution in [2.75, 3.05) is 0 Å². The molecule has 4 atom stereocenters. The van der Waals surface area contributed by atoms with E-state index in [0.717, 1.165) is 23.7 Å². The second kappa shape index (κ2) is 11.6. The number of hydrogen-bond acceptors (Lipinski definition) is 0. The van der Waals surface area contributed by atoms with Gasteiger partial charge in [-0.25, -0.2) is 0 Å². The Hall–Kier alpha value is -0.260. The fourth-order valence-electron chi connectivity index (χ4n) is 3.13. The molecule has 0 heterocycles. The molecule has 0 aliphatic carbocycles. The maximum atomic E-state index is 3.89. The molecule has 0 saturated heterocycles. The number of hydrogen-bond donors (Lipinski definition) is 0. The van der Waals surface area contributed by atoms with Gasteiger partial charge in [0.25, 0.3) is 0 Å². The molecule has 0 amide bonds. The van der Waals surface area contributed by atoms with Gasteiger partial charge in [0.15, 0.2) is 0 Å². The molecule has 0 rings (SSSR count). The summed E-state index contributed by atoms with van der Waals surface area (Å²) in [4.78, 5) is 0. The van der Waals surface area contributed by atoms with Gasteiger partial charge in [-0.2, -0.15) is 0 Å². The van der Waals surface area contributed by atoms with Gasteiger partial charge in [0.05, 0.1) is 0 Å². The maximum absolute atomic E-state index is 3.89. The number of unbranched alkanes of at least 4 members (excludes halogenated alkanes) is 2. The van der Waals surface area contributed by atoms with Crippen LogP contribution in [0.4, 0.5) is 0 Å². The second-order valence-corrected chi connectivity index (χ2v) is 6.83. The van der Waals surface area contributed by atoms with Gasteiger partial charge in [-0.05, 0) is 42.9 Å². The average molecular weight is 267 g/mol. The summed E-state index contributed by atoms with van der Waals surface area (Å²) >= 11 is 0. The van der Waals surface area contributed by atoms with E-state index in [2.05, 4.69) is 47.3 Å². The Morgan fingerprint density at radius 3 is 2.16 bits per heavy atom. The van der Waals surface area contributed by atoms with Crippen molar-refractivity contribution in [2.45, 2.75) is 86.0 Å². The van der Waals surface area contributed by atoms with Crippen LogP contribution in [0.3, 0.4) is 0 Å². The molecule has 0 aliphatic rings. The molecule has 4 unspecified atom stereocenters. The molecule has 0 aliphatic heterocycles. The Morgan fingerprint density at radius 2 is 1.63 bits per heavy atom. The summed E-state index contributed by atoms with van der Waals surface area (Å²) in [6, 6.07) is 0. The second-order valence-electron chi connectivity index (χ2n) is 6.83. The molecule has 0 saturated carbocycles. The van der Waals surface area contributed by atoms with E-state index in [-0.39, 0.29) is 0 Å². The van der Waals surface area contributed by atoms with Crippen molar-refractivity contribution in [2.24, 2.45) is 23.7 Å². The normalized spacial score (nSPS) is 17.7. The highest BCUT2D eigenvalue weighted by Gasteiger charge is 2.18. The lowest BCUT2D eigenvalue weighted by atomic mass is 9.79. The van der Waals surface area contributed by atoms with Gasteiger partial charge in [0, 0.05) is 0 Å². The Labute approximate surface area is 123 Å². The van der Waals surface area contributed by atoms with Crippen LogP contribution in [-0.2, 0) is 0 Å². The summed E-state index contributed by atoms with van der Waals surface area (Å²) in [5.41, 5.74) is 0. The first kappa shape index (κ1) is 18.7. The molecule has 19 heavy (non-hydrogen) atoms.